The number of aromatic nitrogens is 1. The first-order valence-corrected chi connectivity index (χ1v) is 6.48. The lowest BCUT2D eigenvalue weighted by Gasteiger charge is -2.12. The molecule has 1 heterocycles. The summed E-state index contributed by atoms with van der Waals surface area (Å²) in [5.74, 6) is 0. The predicted molar refractivity (Wildman–Crippen MR) is 66.3 cm³/mol. The largest absolute Gasteiger partial charge is 0.767 e. The Kier molecular flexibility index (Phi) is 3.44. The maximum atomic E-state index is 10.9. The van der Waals surface area contributed by atoms with E-state index in [0.717, 1.165) is 17.4 Å². The lowest BCUT2D eigenvalue weighted by molar-refractivity contribution is -0.502. The van der Waals surface area contributed by atoms with Gasteiger partial charge in [-0.15, -0.1) is 0 Å². The molecule has 18 heavy (non-hydrogen) atoms. The molecular weight excluding hydrogens is 256 g/mol. The first-order valence-electron chi connectivity index (χ1n) is 5.35. The van der Waals surface area contributed by atoms with Gasteiger partial charge in [0, 0.05) is 45.2 Å². The molecule has 2 rings (SSSR count). The molecule has 0 saturated heterocycles. The molecule has 7 heteroatoms. The van der Waals surface area contributed by atoms with Crippen LogP contribution in [0.15, 0.2) is 30.5 Å². The molecule has 2 atom stereocenters. The van der Waals surface area contributed by atoms with Gasteiger partial charge < -0.3 is 9.12 Å². The summed E-state index contributed by atoms with van der Waals surface area (Å²) < 4.78 is 23.8. The maximum absolute atomic E-state index is 10.9. The summed E-state index contributed by atoms with van der Waals surface area (Å²) in [5.41, 5.74) is 1.11. The van der Waals surface area contributed by atoms with E-state index < -0.39 is 21.4 Å². The van der Waals surface area contributed by atoms with Crippen molar-refractivity contribution in [3.8, 4) is 0 Å². The number of aryl methyl sites for hydroxylation is 1. The van der Waals surface area contributed by atoms with Crippen molar-refractivity contribution in [2.45, 2.75) is 18.8 Å². The van der Waals surface area contributed by atoms with Crippen LogP contribution in [0.4, 0.5) is 0 Å². The summed E-state index contributed by atoms with van der Waals surface area (Å²) >= 11 is -2.78. The quantitative estimate of drug-likeness (QED) is 0.480. The van der Waals surface area contributed by atoms with Gasteiger partial charge in [0.15, 0.2) is 0 Å². The zero-order valence-corrected chi connectivity index (χ0v) is 10.4. The summed E-state index contributed by atoms with van der Waals surface area (Å²) in [4.78, 5) is 9.94. The Hall–Kier alpha value is -1.73. The van der Waals surface area contributed by atoms with Gasteiger partial charge >= 0.3 is 0 Å². The van der Waals surface area contributed by atoms with Crippen LogP contribution in [0, 0.1) is 10.1 Å². The third kappa shape index (κ3) is 2.14. The van der Waals surface area contributed by atoms with E-state index >= 15 is 0 Å². The van der Waals surface area contributed by atoms with Crippen LogP contribution in [0.1, 0.15) is 17.9 Å². The van der Waals surface area contributed by atoms with Crippen LogP contribution in [-0.4, -0.2) is 18.3 Å². The normalized spacial score (nSPS) is 14.6. The molecule has 0 aliphatic heterocycles. The molecule has 96 valence electrons. The van der Waals surface area contributed by atoms with Gasteiger partial charge in [0.05, 0.1) is 0 Å². The Morgan fingerprint density at radius 2 is 2.17 bits per heavy atom. The van der Waals surface area contributed by atoms with Crippen molar-refractivity contribution in [3.05, 3.63) is 46.1 Å². The van der Waals surface area contributed by atoms with Gasteiger partial charge in [-0.25, -0.2) is 0 Å². The summed E-state index contributed by atoms with van der Waals surface area (Å²) in [7, 11) is 0. The molecule has 2 aromatic rings. The predicted octanol–water partition coefficient (Wildman–Crippen LogP) is 1.82. The van der Waals surface area contributed by atoms with E-state index in [-0.39, 0.29) is 5.56 Å². The Morgan fingerprint density at radius 1 is 1.44 bits per heavy atom. The molecule has 0 saturated carbocycles. The zero-order chi connectivity index (χ0) is 13.3. The molecule has 0 fully saturated rings. The topological polar surface area (TPSA) is 88.2 Å². The van der Waals surface area contributed by atoms with Crippen molar-refractivity contribution in [1.29, 1.82) is 0 Å². The maximum Gasteiger partial charge on any atom is 0.298 e. The zero-order valence-electron chi connectivity index (χ0n) is 9.61. The fraction of sp³-hybridized carbons (Fsp3) is 0.273. The highest BCUT2D eigenvalue weighted by Crippen LogP contribution is 2.24. The van der Waals surface area contributed by atoms with Gasteiger partial charge in [-0.1, -0.05) is 0 Å². The van der Waals surface area contributed by atoms with E-state index in [1.165, 1.54) is 6.07 Å². The Morgan fingerprint density at radius 3 is 2.72 bits per heavy atom. The number of nitro groups is 1. The highest BCUT2D eigenvalue weighted by molar-refractivity contribution is 7.79. The standard InChI is InChI=1S/C11H12N2O4S/c1-2-12-6-5-8-7-9(3-4-10(8)12)11(13(14)15)18(16)17/h3-7,11H,2H2,1H3,(H,16,17)/p-1. The van der Waals surface area contributed by atoms with Gasteiger partial charge in [0.2, 0.25) is 0 Å². The minimum absolute atomic E-state index is 0.176. The molecule has 1 aromatic heterocycles. The molecule has 0 bridgehead atoms. The highest BCUT2D eigenvalue weighted by atomic mass is 32.2. The minimum Gasteiger partial charge on any atom is -0.767 e. The number of hydrogen-bond acceptors (Lipinski definition) is 4. The van der Waals surface area contributed by atoms with Crippen LogP contribution >= 0.6 is 0 Å². The average Bonchev–Trinajstić information content (AvgIpc) is 2.70. The fourth-order valence-electron chi connectivity index (χ4n) is 1.95. The van der Waals surface area contributed by atoms with Gasteiger partial charge in [-0.2, -0.15) is 0 Å². The van der Waals surface area contributed by atoms with Crippen LogP contribution in [0.25, 0.3) is 10.9 Å². The van der Waals surface area contributed by atoms with E-state index in [0.29, 0.717) is 0 Å². The Labute approximate surface area is 106 Å². The van der Waals surface area contributed by atoms with Crippen LogP contribution in [0.2, 0.25) is 0 Å². The second kappa shape index (κ2) is 4.87. The van der Waals surface area contributed by atoms with Gasteiger partial charge in [0.25, 0.3) is 5.37 Å². The summed E-state index contributed by atoms with van der Waals surface area (Å²) in [6.45, 7) is 2.77. The van der Waals surface area contributed by atoms with Crippen LogP contribution in [-0.2, 0) is 17.6 Å². The Bertz CT molecular complexity index is 609. The van der Waals surface area contributed by atoms with Gasteiger partial charge in [-0.3, -0.25) is 14.3 Å². The number of fused-ring (bicyclic) bond motifs is 1. The number of hydrogen-bond donors (Lipinski definition) is 0. The van der Waals surface area contributed by atoms with Gasteiger partial charge in [0.1, 0.15) is 0 Å². The van der Waals surface area contributed by atoms with E-state index in [1.807, 2.05) is 23.8 Å². The molecule has 0 aliphatic rings. The molecule has 0 radical (unpaired) electrons. The summed E-state index contributed by atoms with van der Waals surface area (Å²) in [5, 5.41) is 9.84. The molecule has 0 spiro atoms. The third-order valence-electron chi connectivity index (χ3n) is 2.79. The molecule has 2 unspecified atom stereocenters. The number of rotatable bonds is 4. The van der Waals surface area contributed by atoms with Crippen LogP contribution < -0.4 is 0 Å². The summed E-state index contributed by atoms with van der Waals surface area (Å²) in [6, 6.07) is 6.55. The van der Waals surface area contributed by atoms with E-state index in [2.05, 4.69) is 0 Å². The van der Waals surface area contributed by atoms with Crippen LogP contribution in [0.5, 0.6) is 0 Å². The monoisotopic (exact) mass is 267 g/mol. The second-order valence-electron chi connectivity index (χ2n) is 3.82. The molecule has 0 N–H and O–H groups in total. The molecule has 6 nitrogen and oxygen atoms in total. The van der Waals surface area contributed by atoms with E-state index in [1.54, 1.807) is 12.1 Å². The van der Waals surface area contributed by atoms with Crippen molar-refractivity contribution < 1.29 is 13.7 Å². The highest BCUT2D eigenvalue weighted by Gasteiger charge is 2.24. The number of nitrogens with zero attached hydrogens (tertiary/aromatic N) is 2. The SMILES string of the molecule is CCn1ccc2cc(C([N+](=O)[O-])S(=O)[O-])ccc21. The molecule has 0 amide bonds. The summed E-state index contributed by atoms with van der Waals surface area (Å²) in [6.07, 6.45) is 1.86. The van der Waals surface area contributed by atoms with Crippen molar-refractivity contribution in [2.75, 3.05) is 0 Å². The molecule has 0 aliphatic carbocycles. The lowest BCUT2D eigenvalue weighted by Crippen LogP contribution is -2.15. The van der Waals surface area contributed by atoms with Crippen LogP contribution in [0.3, 0.4) is 0 Å². The molecular formula is C11H11N2O4S-. The van der Waals surface area contributed by atoms with E-state index in [4.69, 9.17) is 0 Å². The average molecular weight is 267 g/mol. The lowest BCUT2D eigenvalue weighted by atomic mass is 10.1. The van der Waals surface area contributed by atoms with Crippen molar-refractivity contribution in [3.63, 3.8) is 0 Å². The number of benzene rings is 1. The fourth-order valence-corrected chi connectivity index (χ4v) is 2.46. The smallest absolute Gasteiger partial charge is 0.298 e. The minimum atomic E-state index is -2.78. The first kappa shape index (κ1) is 12.7. The van der Waals surface area contributed by atoms with E-state index in [9.17, 15) is 18.9 Å². The molecule has 1 aromatic carbocycles. The van der Waals surface area contributed by atoms with Crippen molar-refractivity contribution in [1.82, 2.24) is 4.57 Å². The van der Waals surface area contributed by atoms with Gasteiger partial charge in [-0.05, 0) is 31.2 Å². The first-order chi connectivity index (χ1) is 8.54. The Balaban J connectivity index is 2.52. The van der Waals surface area contributed by atoms with Crippen molar-refractivity contribution in [2.24, 2.45) is 0 Å². The van der Waals surface area contributed by atoms with Crippen molar-refractivity contribution >= 4 is 22.0 Å². The third-order valence-corrected chi connectivity index (χ3v) is 3.60. The second-order valence-corrected chi connectivity index (χ2v) is 4.79.